The van der Waals surface area contributed by atoms with Gasteiger partial charge in [0.25, 0.3) is 0 Å². The first-order chi connectivity index (χ1) is 11.2. The van der Waals surface area contributed by atoms with E-state index >= 15 is 0 Å². The van der Waals surface area contributed by atoms with Crippen LogP contribution in [0.2, 0.25) is 0 Å². The molecule has 1 saturated heterocycles. The van der Waals surface area contributed by atoms with Crippen LogP contribution in [-0.4, -0.2) is 44.2 Å². The van der Waals surface area contributed by atoms with Crippen molar-refractivity contribution in [1.82, 2.24) is 4.90 Å². The summed E-state index contributed by atoms with van der Waals surface area (Å²) in [4.78, 5) is 16.1. The normalized spacial score (nSPS) is 15.7. The third-order valence-corrected chi connectivity index (χ3v) is 4.08. The Labute approximate surface area is 134 Å². The molecule has 0 N–H and O–H groups in total. The lowest BCUT2D eigenvalue weighted by Crippen LogP contribution is -2.46. The number of carbonyl (C=O) groups excluding carboxylic acids is 1. The van der Waals surface area contributed by atoms with E-state index in [1.54, 1.807) is 18.2 Å². The van der Waals surface area contributed by atoms with E-state index in [2.05, 4.69) is 9.80 Å². The van der Waals surface area contributed by atoms with Crippen molar-refractivity contribution in [3.8, 4) is 0 Å². The molecule has 0 aliphatic carbocycles. The van der Waals surface area contributed by atoms with Crippen LogP contribution < -0.4 is 4.90 Å². The van der Waals surface area contributed by atoms with Gasteiger partial charge in [0, 0.05) is 31.9 Å². The van der Waals surface area contributed by atoms with Crippen molar-refractivity contribution >= 4 is 11.7 Å². The van der Waals surface area contributed by atoms with E-state index in [1.807, 2.05) is 0 Å². The fraction of sp³-hybridized carbons (Fsp3) is 0.353. The van der Waals surface area contributed by atoms with Gasteiger partial charge in [0.1, 0.15) is 17.1 Å². The van der Waals surface area contributed by atoms with Crippen LogP contribution in [0, 0.1) is 5.82 Å². The minimum Gasteiger partial charge on any atom is -0.467 e. The summed E-state index contributed by atoms with van der Waals surface area (Å²) in [6.45, 7) is 3.96. The van der Waals surface area contributed by atoms with Crippen molar-refractivity contribution < 1.29 is 18.3 Å². The van der Waals surface area contributed by atoms with Crippen molar-refractivity contribution in [3.63, 3.8) is 0 Å². The molecule has 122 valence electrons. The Morgan fingerprint density at radius 2 is 1.87 bits per heavy atom. The minimum atomic E-state index is -0.376. The monoisotopic (exact) mass is 318 g/mol. The average Bonchev–Trinajstić information content (AvgIpc) is 3.04. The number of anilines is 1. The number of nitrogens with zero attached hydrogens (tertiary/aromatic N) is 2. The lowest BCUT2D eigenvalue weighted by atomic mass is 10.2. The molecular formula is C17H19FN2O3. The van der Waals surface area contributed by atoms with Gasteiger partial charge in [-0.05, 0) is 30.3 Å². The number of furan rings is 1. The Bertz CT molecular complexity index is 661. The molecule has 0 bridgehead atoms. The number of rotatable bonds is 4. The van der Waals surface area contributed by atoms with Gasteiger partial charge in [-0.2, -0.15) is 0 Å². The van der Waals surface area contributed by atoms with Crippen molar-refractivity contribution in [2.75, 3.05) is 38.2 Å². The number of esters is 1. The molecule has 2 aromatic rings. The van der Waals surface area contributed by atoms with E-state index in [-0.39, 0.29) is 11.8 Å². The van der Waals surface area contributed by atoms with Crippen LogP contribution in [0.25, 0.3) is 0 Å². The van der Waals surface area contributed by atoms with E-state index < -0.39 is 0 Å². The Morgan fingerprint density at radius 1 is 1.17 bits per heavy atom. The highest BCUT2D eigenvalue weighted by atomic mass is 19.1. The number of carbonyl (C=O) groups is 1. The zero-order chi connectivity index (χ0) is 16.2. The number of benzene rings is 1. The summed E-state index contributed by atoms with van der Waals surface area (Å²) in [6.07, 6.45) is 1.51. The molecule has 0 saturated carbocycles. The summed E-state index contributed by atoms with van der Waals surface area (Å²) in [5.41, 5.74) is 1.51. The zero-order valence-corrected chi connectivity index (χ0v) is 13.0. The van der Waals surface area contributed by atoms with Crippen molar-refractivity contribution in [3.05, 3.63) is 53.7 Å². The maximum Gasteiger partial charge on any atom is 0.341 e. The summed E-state index contributed by atoms with van der Waals surface area (Å²) >= 11 is 0. The second-order valence-electron chi connectivity index (χ2n) is 5.49. The number of piperazine rings is 1. The number of ether oxygens (including phenoxy) is 1. The van der Waals surface area contributed by atoms with Gasteiger partial charge < -0.3 is 14.1 Å². The van der Waals surface area contributed by atoms with Gasteiger partial charge in [-0.25, -0.2) is 9.18 Å². The fourth-order valence-corrected chi connectivity index (χ4v) is 2.77. The van der Waals surface area contributed by atoms with E-state index in [1.165, 1.54) is 25.5 Å². The van der Waals surface area contributed by atoms with Gasteiger partial charge in [0.15, 0.2) is 0 Å². The highest BCUT2D eigenvalue weighted by Gasteiger charge is 2.21. The van der Waals surface area contributed by atoms with Crippen molar-refractivity contribution in [1.29, 1.82) is 0 Å². The molecule has 2 heterocycles. The summed E-state index contributed by atoms with van der Waals surface area (Å²) in [6, 6.07) is 8.19. The molecule has 1 aromatic heterocycles. The predicted molar refractivity (Wildman–Crippen MR) is 83.9 cm³/mol. The molecule has 23 heavy (non-hydrogen) atoms. The van der Waals surface area contributed by atoms with Crippen LogP contribution in [0.15, 0.2) is 41.0 Å². The maximum atomic E-state index is 13.0. The minimum absolute atomic E-state index is 0.222. The van der Waals surface area contributed by atoms with Crippen LogP contribution in [-0.2, 0) is 11.3 Å². The lowest BCUT2D eigenvalue weighted by Gasteiger charge is -2.35. The third kappa shape index (κ3) is 3.53. The first kappa shape index (κ1) is 15.6. The Kier molecular flexibility index (Phi) is 4.62. The summed E-state index contributed by atoms with van der Waals surface area (Å²) < 4.78 is 23.2. The Balaban J connectivity index is 1.58. The summed E-state index contributed by atoms with van der Waals surface area (Å²) in [5, 5.41) is 0. The first-order valence-electron chi connectivity index (χ1n) is 7.55. The summed E-state index contributed by atoms with van der Waals surface area (Å²) in [7, 11) is 1.36. The number of hydrogen-bond acceptors (Lipinski definition) is 5. The molecule has 1 aliphatic rings. The first-order valence-corrected chi connectivity index (χ1v) is 7.55. The molecule has 3 rings (SSSR count). The molecule has 1 fully saturated rings. The van der Waals surface area contributed by atoms with Crippen LogP contribution in [0.3, 0.4) is 0 Å². The van der Waals surface area contributed by atoms with Gasteiger partial charge in [0.05, 0.1) is 19.9 Å². The molecule has 6 heteroatoms. The zero-order valence-electron chi connectivity index (χ0n) is 13.0. The molecule has 0 spiro atoms. The molecule has 1 aliphatic heterocycles. The van der Waals surface area contributed by atoms with Crippen LogP contribution in [0.1, 0.15) is 16.1 Å². The highest BCUT2D eigenvalue weighted by molar-refractivity contribution is 5.90. The van der Waals surface area contributed by atoms with Gasteiger partial charge >= 0.3 is 5.97 Å². The van der Waals surface area contributed by atoms with Gasteiger partial charge in [-0.3, -0.25) is 4.90 Å². The van der Waals surface area contributed by atoms with E-state index in [9.17, 15) is 9.18 Å². The Hall–Kier alpha value is -2.34. The number of methoxy groups -OCH3 is 1. The van der Waals surface area contributed by atoms with Crippen molar-refractivity contribution in [2.24, 2.45) is 0 Å². The highest BCUT2D eigenvalue weighted by Crippen LogP contribution is 2.19. The average molecular weight is 318 g/mol. The fourth-order valence-electron chi connectivity index (χ4n) is 2.77. The molecule has 0 radical (unpaired) electrons. The second kappa shape index (κ2) is 6.83. The predicted octanol–water partition coefficient (Wildman–Crippen LogP) is 2.53. The van der Waals surface area contributed by atoms with E-state index in [0.29, 0.717) is 17.9 Å². The van der Waals surface area contributed by atoms with Gasteiger partial charge in [-0.1, -0.05) is 0 Å². The van der Waals surface area contributed by atoms with E-state index in [0.717, 1.165) is 31.9 Å². The summed E-state index contributed by atoms with van der Waals surface area (Å²) in [5.74, 6) is 0.0336. The molecular weight excluding hydrogens is 299 g/mol. The van der Waals surface area contributed by atoms with Crippen LogP contribution >= 0.6 is 0 Å². The molecule has 1 aromatic carbocycles. The maximum absolute atomic E-state index is 13.0. The molecule has 0 amide bonds. The molecule has 0 unspecified atom stereocenters. The largest absolute Gasteiger partial charge is 0.467 e. The SMILES string of the molecule is COC(=O)c1ccoc1CN1CCN(c2ccc(F)cc2)CC1. The van der Waals surface area contributed by atoms with Crippen LogP contribution in [0.5, 0.6) is 0 Å². The van der Waals surface area contributed by atoms with Crippen LogP contribution in [0.4, 0.5) is 10.1 Å². The molecule has 5 nitrogen and oxygen atoms in total. The quantitative estimate of drug-likeness (QED) is 0.811. The Morgan fingerprint density at radius 3 is 2.52 bits per heavy atom. The van der Waals surface area contributed by atoms with E-state index in [4.69, 9.17) is 9.15 Å². The number of halogens is 1. The molecule has 0 atom stereocenters. The number of hydrogen-bond donors (Lipinski definition) is 0. The third-order valence-electron chi connectivity index (χ3n) is 4.08. The topological polar surface area (TPSA) is 45.9 Å². The second-order valence-corrected chi connectivity index (χ2v) is 5.49. The standard InChI is InChI=1S/C17H19FN2O3/c1-22-17(21)15-6-11-23-16(15)12-19-7-9-20(10-8-19)14-4-2-13(18)3-5-14/h2-6,11H,7-10,12H2,1H3. The van der Waals surface area contributed by atoms with Crippen molar-refractivity contribution in [2.45, 2.75) is 6.54 Å². The van der Waals surface area contributed by atoms with Gasteiger partial charge in [-0.15, -0.1) is 0 Å². The smallest absolute Gasteiger partial charge is 0.341 e. The lowest BCUT2D eigenvalue weighted by molar-refractivity contribution is 0.0596. The van der Waals surface area contributed by atoms with Gasteiger partial charge in [0.2, 0.25) is 0 Å².